The largest absolute Gasteiger partial charge is 1.00 e. The van der Waals surface area contributed by atoms with Crippen molar-refractivity contribution < 1.29 is 70.3 Å². The van der Waals surface area contributed by atoms with E-state index in [9.17, 15) is 39.3 Å². The van der Waals surface area contributed by atoms with Crippen LogP contribution in [0, 0.1) is 0 Å². The van der Waals surface area contributed by atoms with Crippen molar-refractivity contribution in [1.82, 2.24) is 0 Å². The van der Waals surface area contributed by atoms with E-state index in [1.807, 2.05) is 0 Å². The van der Waals surface area contributed by atoms with E-state index in [1.54, 1.807) is 0 Å². The van der Waals surface area contributed by atoms with Gasteiger partial charge in [0, 0.05) is 21.9 Å². The van der Waals surface area contributed by atoms with Crippen LogP contribution in [-0.2, 0) is 0 Å². The summed E-state index contributed by atoms with van der Waals surface area (Å²) in [5, 5.41) is 27.9. The van der Waals surface area contributed by atoms with Gasteiger partial charge in [-0.25, -0.2) is 19.3 Å². The van der Waals surface area contributed by atoms with Crippen LogP contribution in [0.2, 0.25) is 0 Å². The Balaban J connectivity index is 0.00000181. The van der Waals surface area contributed by atoms with E-state index in [0.29, 0.717) is 0 Å². The maximum atomic E-state index is 13.1. The van der Waals surface area contributed by atoms with Crippen LogP contribution in [0.15, 0.2) is 48.5 Å². The number of carboxylic acids is 3. The Morgan fingerprint density at radius 2 is 1.23 bits per heavy atom. The van der Waals surface area contributed by atoms with Gasteiger partial charge in [-0.15, -0.1) is 0 Å². The monoisotopic (exact) mass is 429 g/mol. The summed E-state index contributed by atoms with van der Waals surface area (Å²) in [7, 11) is 0. The summed E-state index contributed by atoms with van der Waals surface area (Å²) in [6.07, 6.45) is 0. The number of aromatic carboxylic acids is 3. The minimum atomic E-state index is -1.40. The molecule has 31 heavy (non-hydrogen) atoms. The van der Waals surface area contributed by atoms with Gasteiger partial charge in [-0.1, -0.05) is 6.07 Å². The first-order valence-corrected chi connectivity index (χ1v) is 8.50. The number of carbonyl (C=O) groups is 5. The van der Waals surface area contributed by atoms with Gasteiger partial charge in [-0.2, -0.15) is 0 Å². The van der Waals surface area contributed by atoms with E-state index in [0.717, 1.165) is 23.1 Å². The molecule has 3 aromatic rings. The molecular formula is C21H12NNaO8. The Kier molecular flexibility index (Phi) is 5.68. The van der Waals surface area contributed by atoms with E-state index in [4.69, 9.17) is 0 Å². The molecule has 0 bridgehead atoms. The first-order chi connectivity index (χ1) is 14.2. The van der Waals surface area contributed by atoms with Gasteiger partial charge in [-0.3, -0.25) is 9.59 Å². The fourth-order valence-corrected chi connectivity index (χ4v) is 3.55. The van der Waals surface area contributed by atoms with Gasteiger partial charge < -0.3 is 16.7 Å². The number of amides is 2. The summed E-state index contributed by atoms with van der Waals surface area (Å²) in [6.45, 7) is 0. The van der Waals surface area contributed by atoms with Gasteiger partial charge in [0.25, 0.3) is 11.8 Å². The van der Waals surface area contributed by atoms with Gasteiger partial charge in [0.15, 0.2) is 0 Å². The molecule has 0 spiro atoms. The van der Waals surface area contributed by atoms with Crippen LogP contribution < -0.4 is 34.5 Å². The van der Waals surface area contributed by atoms with Crippen molar-refractivity contribution in [2.24, 2.45) is 0 Å². The molecule has 0 radical (unpaired) electrons. The molecule has 10 heteroatoms. The van der Waals surface area contributed by atoms with Crippen molar-refractivity contribution in [3.63, 3.8) is 0 Å². The van der Waals surface area contributed by atoms with E-state index < -0.39 is 29.7 Å². The molecule has 0 saturated heterocycles. The molecule has 0 aliphatic carbocycles. The fraction of sp³-hybridized carbons (Fsp3) is 0. The normalized spacial score (nSPS) is 12.5. The van der Waals surface area contributed by atoms with Gasteiger partial charge in [0.05, 0.1) is 22.4 Å². The average Bonchev–Trinajstić information content (AvgIpc) is 2.71. The molecule has 9 nitrogen and oxygen atoms in total. The van der Waals surface area contributed by atoms with Gasteiger partial charge in [0.1, 0.15) is 0 Å². The van der Waals surface area contributed by atoms with Crippen molar-refractivity contribution in [1.29, 1.82) is 0 Å². The van der Waals surface area contributed by atoms with Gasteiger partial charge >= 0.3 is 47.5 Å². The number of imide groups is 1. The van der Waals surface area contributed by atoms with E-state index in [-0.39, 0.29) is 75.3 Å². The molecule has 0 fully saturated rings. The molecule has 1 aliphatic heterocycles. The number of anilines is 1. The molecular weight excluding hydrogens is 417 g/mol. The topological polar surface area (TPSA) is 149 Å². The van der Waals surface area contributed by atoms with E-state index in [1.165, 1.54) is 30.3 Å². The molecule has 3 N–H and O–H groups in total. The molecule has 3 aromatic carbocycles. The van der Waals surface area contributed by atoms with Crippen LogP contribution in [0.1, 0.15) is 53.2 Å². The van der Waals surface area contributed by atoms with E-state index in [2.05, 4.69) is 0 Å². The Hall–Kier alpha value is -3.53. The molecule has 0 unspecified atom stereocenters. The zero-order chi connectivity index (χ0) is 21.7. The Labute approximate surface area is 197 Å². The third kappa shape index (κ3) is 3.38. The number of nitrogens with zero attached hydrogens (tertiary/aromatic N) is 1. The molecule has 150 valence electrons. The predicted octanol–water partition coefficient (Wildman–Crippen LogP) is -0.148. The number of rotatable bonds is 4. The molecule has 0 aromatic heterocycles. The van der Waals surface area contributed by atoms with Crippen molar-refractivity contribution in [3.05, 3.63) is 76.3 Å². The number of hydrogen-bond donors (Lipinski definition) is 3. The number of hydrogen-bond acceptors (Lipinski definition) is 5. The molecule has 0 atom stereocenters. The van der Waals surface area contributed by atoms with Crippen LogP contribution in [0.4, 0.5) is 5.69 Å². The fourth-order valence-electron chi connectivity index (χ4n) is 3.55. The average molecular weight is 429 g/mol. The molecule has 1 heterocycles. The Morgan fingerprint density at radius 1 is 0.710 bits per heavy atom. The maximum Gasteiger partial charge on any atom is 1.00 e. The van der Waals surface area contributed by atoms with Crippen LogP contribution >= 0.6 is 0 Å². The summed E-state index contributed by atoms with van der Waals surface area (Å²) in [4.78, 5) is 61.6. The summed E-state index contributed by atoms with van der Waals surface area (Å²) < 4.78 is 0. The Morgan fingerprint density at radius 3 is 1.68 bits per heavy atom. The number of carboxylic acid groups (broad SMARTS) is 3. The second kappa shape index (κ2) is 7.95. The summed E-state index contributed by atoms with van der Waals surface area (Å²) in [6, 6.07) is 9.88. The Bertz CT molecular complexity index is 1270. The molecule has 1 aliphatic rings. The first kappa shape index (κ1) is 22.2. The quantitative estimate of drug-likeness (QED) is 0.383. The zero-order valence-electron chi connectivity index (χ0n) is 16.9. The van der Waals surface area contributed by atoms with Crippen LogP contribution in [-0.4, -0.2) is 45.0 Å². The third-order valence-corrected chi connectivity index (χ3v) is 4.84. The minimum Gasteiger partial charge on any atom is -1.00 e. The molecule has 2 amide bonds. The van der Waals surface area contributed by atoms with Gasteiger partial charge in [-0.05, 0) is 42.5 Å². The SMILES string of the molecule is O=C(O)c1cccc(N2C(=O)c3ccc(C(=O)O)c4c(C(=O)O)ccc(c34)C2=O)c1.[H-].[Na+]. The zero-order valence-corrected chi connectivity index (χ0v) is 17.9. The second-order valence-electron chi connectivity index (χ2n) is 6.48. The van der Waals surface area contributed by atoms with Crippen molar-refractivity contribution in [3.8, 4) is 0 Å². The number of benzene rings is 3. The standard InChI is InChI=1S/C21H11NO8.Na.H/c23-17-11-4-6-13(20(27)28)16-14(21(29)30)7-5-12(15(11)16)18(24)22(17)10-3-1-2-9(8-10)19(25)26;;/h1-8H,(H,25,26)(H,27,28)(H,29,30);;/q;+1;-1. The predicted molar refractivity (Wildman–Crippen MR) is 104 cm³/mol. The van der Waals surface area contributed by atoms with Gasteiger partial charge in [0.2, 0.25) is 0 Å². The van der Waals surface area contributed by atoms with Crippen molar-refractivity contribution >= 4 is 46.2 Å². The second-order valence-corrected chi connectivity index (χ2v) is 6.48. The van der Waals surface area contributed by atoms with Crippen molar-refractivity contribution in [2.75, 3.05) is 4.90 Å². The molecule has 0 saturated carbocycles. The summed E-state index contributed by atoms with van der Waals surface area (Å²) >= 11 is 0. The van der Waals surface area contributed by atoms with Crippen LogP contribution in [0.25, 0.3) is 10.8 Å². The minimum absolute atomic E-state index is 0. The molecule has 4 rings (SSSR count). The van der Waals surface area contributed by atoms with Crippen molar-refractivity contribution in [2.45, 2.75) is 0 Å². The summed E-state index contributed by atoms with van der Waals surface area (Å²) in [5.74, 6) is -5.69. The maximum absolute atomic E-state index is 13.1. The third-order valence-electron chi connectivity index (χ3n) is 4.84. The summed E-state index contributed by atoms with van der Waals surface area (Å²) in [5.41, 5.74) is -0.938. The number of carbonyl (C=O) groups excluding carboxylic acids is 2. The smallest absolute Gasteiger partial charge is 1.00 e. The first-order valence-electron chi connectivity index (χ1n) is 8.50. The van der Waals surface area contributed by atoms with Crippen LogP contribution in [0.3, 0.4) is 0 Å². The van der Waals surface area contributed by atoms with E-state index >= 15 is 0 Å². The van der Waals surface area contributed by atoms with Crippen LogP contribution in [0.5, 0.6) is 0 Å².